The average molecular weight is 208 g/mol. The Balaban J connectivity index is 1.98. The second-order valence-corrected chi connectivity index (χ2v) is 3.51. The van der Waals surface area contributed by atoms with E-state index < -0.39 is 5.95 Å². The molecule has 0 aromatic carbocycles. The van der Waals surface area contributed by atoms with Gasteiger partial charge < -0.3 is 10.1 Å². The molecule has 1 saturated heterocycles. The van der Waals surface area contributed by atoms with Gasteiger partial charge in [0.25, 0.3) is 0 Å². The maximum atomic E-state index is 13.0. The van der Waals surface area contributed by atoms with Gasteiger partial charge in [-0.25, -0.2) is 4.98 Å². The molecule has 80 valence electrons. The first-order valence-electron chi connectivity index (χ1n) is 4.94. The molecule has 0 spiro atoms. The molecule has 1 fully saturated rings. The fourth-order valence-corrected chi connectivity index (χ4v) is 1.35. The van der Waals surface area contributed by atoms with Crippen LogP contribution in [0.2, 0.25) is 0 Å². The Morgan fingerprint density at radius 2 is 2.53 bits per heavy atom. The molecule has 0 amide bonds. The summed E-state index contributed by atoms with van der Waals surface area (Å²) in [6.07, 6.45) is 3.95. The number of pyridine rings is 1. The Bertz CT molecular complexity index is 364. The monoisotopic (exact) mass is 208 g/mol. The Kier molecular flexibility index (Phi) is 2.97. The number of aromatic nitrogens is 1. The van der Waals surface area contributed by atoms with Gasteiger partial charge in [0, 0.05) is 11.6 Å². The number of nitrogens with zero attached hydrogens (tertiary/aromatic N) is 1. The van der Waals surface area contributed by atoms with Gasteiger partial charge in [0.05, 0.1) is 6.20 Å². The lowest BCUT2D eigenvalue weighted by Gasteiger charge is -2.27. The summed E-state index contributed by atoms with van der Waals surface area (Å²) in [5.74, 6) is 0.0686. The molecule has 1 aliphatic heterocycles. The summed E-state index contributed by atoms with van der Waals surface area (Å²) in [5.41, 5.74) is 0.370. The highest BCUT2D eigenvalue weighted by Crippen LogP contribution is 2.16. The van der Waals surface area contributed by atoms with Crippen LogP contribution in [-0.4, -0.2) is 24.2 Å². The van der Waals surface area contributed by atoms with Crippen molar-refractivity contribution in [2.45, 2.75) is 12.5 Å². The zero-order valence-electron chi connectivity index (χ0n) is 8.37. The summed E-state index contributed by atoms with van der Waals surface area (Å²) in [7, 11) is 0. The van der Waals surface area contributed by atoms with Crippen LogP contribution in [-0.2, 0) is 0 Å². The third kappa shape index (κ3) is 2.33. The van der Waals surface area contributed by atoms with Crippen molar-refractivity contribution in [2.75, 3.05) is 13.2 Å². The minimum atomic E-state index is -0.515. The number of rotatable bonds is 4. The standard InChI is InChI=1S/C11H13FN2O/c1-2-8-5-10(6-14-11(8)12)15-7-9-3-4-13-9/h2,5-6,9,13H,1,3-4,7H2/t9-/m1/s1. The number of ether oxygens (including phenoxy) is 1. The smallest absolute Gasteiger partial charge is 0.220 e. The molecule has 15 heavy (non-hydrogen) atoms. The quantitative estimate of drug-likeness (QED) is 0.763. The van der Waals surface area contributed by atoms with Crippen molar-refractivity contribution in [1.29, 1.82) is 0 Å². The van der Waals surface area contributed by atoms with Crippen molar-refractivity contribution < 1.29 is 9.13 Å². The SMILES string of the molecule is C=Cc1cc(OC[C@H]2CCN2)cnc1F. The average Bonchev–Trinajstić information content (AvgIpc) is 2.18. The van der Waals surface area contributed by atoms with Crippen molar-refractivity contribution in [3.8, 4) is 5.75 Å². The van der Waals surface area contributed by atoms with Crippen LogP contribution in [0, 0.1) is 5.95 Å². The van der Waals surface area contributed by atoms with Crippen molar-refractivity contribution in [3.05, 3.63) is 30.4 Å². The summed E-state index contributed by atoms with van der Waals surface area (Å²) in [5, 5.41) is 3.22. The highest BCUT2D eigenvalue weighted by Gasteiger charge is 2.16. The summed E-state index contributed by atoms with van der Waals surface area (Å²) in [6, 6.07) is 2.02. The van der Waals surface area contributed by atoms with Gasteiger partial charge in [-0.1, -0.05) is 12.7 Å². The van der Waals surface area contributed by atoms with Crippen molar-refractivity contribution in [3.63, 3.8) is 0 Å². The molecule has 2 heterocycles. The maximum Gasteiger partial charge on any atom is 0.220 e. The molecule has 0 radical (unpaired) electrons. The lowest BCUT2D eigenvalue weighted by Crippen LogP contribution is -2.46. The predicted molar refractivity (Wildman–Crippen MR) is 56.2 cm³/mol. The molecule has 2 rings (SSSR count). The zero-order chi connectivity index (χ0) is 10.7. The van der Waals surface area contributed by atoms with E-state index in [0.29, 0.717) is 24.0 Å². The number of hydrogen-bond donors (Lipinski definition) is 1. The largest absolute Gasteiger partial charge is 0.490 e. The van der Waals surface area contributed by atoms with Crippen molar-refractivity contribution in [1.82, 2.24) is 10.3 Å². The van der Waals surface area contributed by atoms with E-state index in [9.17, 15) is 4.39 Å². The Hall–Kier alpha value is -1.42. The third-order valence-electron chi connectivity index (χ3n) is 2.44. The Morgan fingerprint density at radius 1 is 1.73 bits per heavy atom. The second kappa shape index (κ2) is 4.40. The molecule has 4 heteroatoms. The summed E-state index contributed by atoms with van der Waals surface area (Å²) in [4.78, 5) is 3.59. The maximum absolute atomic E-state index is 13.0. The number of halogens is 1. The zero-order valence-corrected chi connectivity index (χ0v) is 8.37. The lowest BCUT2D eigenvalue weighted by atomic mass is 10.1. The molecule has 1 aromatic heterocycles. The Labute approximate surface area is 88.0 Å². The van der Waals surface area contributed by atoms with Gasteiger partial charge >= 0.3 is 0 Å². The molecular formula is C11H13FN2O. The fraction of sp³-hybridized carbons (Fsp3) is 0.364. The fourth-order valence-electron chi connectivity index (χ4n) is 1.35. The highest BCUT2D eigenvalue weighted by atomic mass is 19.1. The third-order valence-corrected chi connectivity index (χ3v) is 2.44. The van der Waals surface area contributed by atoms with Crippen molar-refractivity contribution >= 4 is 6.08 Å². The molecule has 1 aromatic rings. The summed E-state index contributed by atoms with van der Waals surface area (Å²) < 4.78 is 18.5. The highest BCUT2D eigenvalue weighted by molar-refractivity contribution is 5.48. The van der Waals surface area contributed by atoms with E-state index in [1.54, 1.807) is 6.07 Å². The molecular weight excluding hydrogens is 195 g/mol. The van der Waals surface area contributed by atoms with Gasteiger partial charge in [-0.2, -0.15) is 4.39 Å². The molecule has 0 saturated carbocycles. The lowest BCUT2D eigenvalue weighted by molar-refractivity contribution is 0.216. The van der Waals surface area contributed by atoms with Crippen molar-refractivity contribution in [2.24, 2.45) is 0 Å². The first kappa shape index (κ1) is 10.1. The van der Waals surface area contributed by atoms with Gasteiger partial charge in [-0.3, -0.25) is 0 Å². The summed E-state index contributed by atoms with van der Waals surface area (Å²) in [6.45, 7) is 5.16. The number of hydrogen-bond acceptors (Lipinski definition) is 3. The van der Waals surface area contributed by atoms with Gasteiger partial charge in [0.15, 0.2) is 0 Å². The van der Waals surface area contributed by atoms with E-state index in [2.05, 4.69) is 16.9 Å². The van der Waals surface area contributed by atoms with E-state index in [4.69, 9.17) is 4.74 Å². The van der Waals surface area contributed by atoms with Crippen LogP contribution < -0.4 is 10.1 Å². The first-order valence-corrected chi connectivity index (χ1v) is 4.94. The van der Waals surface area contributed by atoms with Crippen LogP contribution in [0.3, 0.4) is 0 Å². The van der Waals surface area contributed by atoms with Crippen LogP contribution in [0.25, 0.3) is 6.08 Å². The second-order valence-electron chi connectivity index (χ2n) is 3.51. The van der Waals surface area contributed by atoms with Crippen LogP contribution in [0.5, 0.6) is 5.75 Å². The van der Waals surface area contributed by atoms with Crippen LogP contribution >= 0.6 is 0 Å². The topological polar surface area (TPSA) is 34.1 Å². The predicted octanol–water partition coefficient (Wildman–Crippen LogP) is 1.60. The molecule has 1 N–H and O–H groups in total. The normalized spacial score (nSPS) is 19.4. The minimum Gasteiger partial charge on any atom is -0.490 e. The van der Waals surface area contributed by atoms with Crippen LogP contribution in [0.15, 0.2) is 18.8 Å². The molecule has 3 nitrogen and oxygen atoms in total. The summed E-state index contributed by atoms with van der Waals surface area (Å²) >= 11 is 0. The molecule has 1 atom stereocenters. The molecule has 0 unspecified atom stereocenters. The van der Waals surface area contributed by atoms with Gasteiger partial charge in [-0.15, -0.1) is 0 Å². The van der Waals surface area contributed by atoms with E-state index >= 15 is 0 Å². The van der Waals surface area contributed by atoms with Gasteiger partial charge in [-0.05, 0) is 19.0 Å². The molecule has 0 aliphatic carbocycles. The number of nitrogens with one attached hydrogen (secondary N) is 1. The van der Waals surface area contributed by atoms with Gasteiger partial charge in [0.1, 0.15) is 12.4 Å². The minimum absolute atomic E-state index is 0.370. The van der Waals surface area contributed by atoms with Crippen LogP contribution in [0.4, 0.5) is 4.39 Å². The van der Waals surface area contributed by atoms with Gasteiger partial charge in [0.2, 0.25) is 5.95 Å². The van der Waals surface area contributed by atoms with E-state index in [1.165, 1.54) is 12.3 Å². The molecule has 1 aliphatic rings. The van der Waals surface area contributed by atoms with E-state index in [-0.39, 0.29) is 0 Å². The Morgan fingerprint density at radius 3 is 3.13 bits per heavy atom. The first-order chi connectivity index (χ1) is 7.29. The molecule has 0 bridgehead atoms. The van der Waals surface area contributed by atoms with E-state index in [0.717, 1.165) is 13.0 Å². The van der Waals surface area contributed by atoms with E-state index in [1.807, 2.05) is 0 Å². The van der Waals surface area contributed by atoms with Crippen LogP contribution in [0.1, 0.15) is 12.0 Å².